The molecule has 5 rings (SSSR count). The average molecular weight is 457 g/mol. The van der Waals surface area contributed by atoms with Gasteiger partial charge in [-0.05, 0) is 74.2 Å². The van der Waals surface area contributed by atoms with Crippen molar-refractivity contribution in [2.45, 2.75) is 26.7 Å². The first-order valence-corrected chi connectivity index (χ1v) is 11.2. The number of nitrogens with one attached hydrogen (secondary N) is 1. The lowest BCUT2D eigenvalue weighted by Crippen LogP contribution is -2.20. The fraction of sp³-hybridized carbons (Fsp3) is 0.231. The second-order valence-corrected chi connectivity index (χ2v) is 8.63. The minimum absolute atomic E-state index is 0.0539. The third-order valence-corrected chi connectivity index (χ3v) is 6.16. The Balaban J connectivity index is 1.43. The fourth-order valence-electron chi connectivity index (χ4n) is 4.28. The van der Waals surface area contributed by atoms with Gasteiger partial charge in [-0.25, -0.2) is 4.98 Å². The van der Waals surface area contributed by atoms with Crippen LogP contribution in [0.15, 0.2) is 59.0 Å². The number of aryl methyl sites for hydroxylation is 2. The molecule has 8 heteroatoms. The molecule has 1 saturated heterocycles. The second kappa shape index (κ2) is 8.62. The van der Waals surface area contributed by atoms with Gasteiger partial charge < -0.3 is 14.6 Å². The van der Waals surface area contributed by atoms with Crippen LogP contribution in [0.3, 0.4) is 0 Å². The molecule has 1 N–H and O–H groups in total. The first-order valence-electron chi connectivity index (χ1n) is 11.2. The Kier molecular flexibility index (Phi) is 5.49. The fourth-order valence-corrected chi connectivity index (χ4v) is 4.28. The Bertz CT molecular complexity index is 1420. The highest BCUT2D eigenvalue weighted by Crippen LogP contribution is 2.33. The minimum atomic E-state index is -0.425. The second-order valence-electron chi connectivity index (χ2n) is 8.63. The molecule has 1 aliphatic rings. The Morgan fingerprint density at radius 1 is 1.06 bits per heavy atom. The highest BCUT2D eigenvalue weighted by molar-refractivity contribution is 6.05. The number of rotatable bonds is 5. The van der Waals surface area contributed by atoms with E-state index in [0.29, 0.717) is 22.8 Å². The summed E-state index contributed by atoms with van der Waals surface area (Å²) in [4.78, 5) is 30.8. The van der Waals surface area contributed by atoms with Crippen molar-refractivity contribution in [1.29, 1.82) is 0 Å². The molecule has 1 aromatic heterocycles. The van der Waals surface area contributed by atoms with Gasteiger partial charge in [-0.2, -0.15) is 0 Å². The standard InChI is InChI=1S/C26H24N4O4/c1-16-5-9-20-24(13-16)34-26(28-20)19-7-6-17(2)21(14-19)27-25(31)18-8-10-22(23(15-18)30(32)33)29-11-3-4-12-29/h5-10,13-15H,3-4,11-12H2,1-2H3,(H,27,31). The van der Waals surface area contributed by atoms with Gasteiger partial charge in [-0.15, -0.1) is 0 Å². The van der Waals surface area contributed by atoms with E-state index >= 15 is 0 Å². The summed E-state index contributed by atoms with van der Waals surface area (Å²) >= 11 is 0. The third-order valence-electron chi connectivity index (χ3n) is 6.16. The Hall–Kier alpha value is -4.20. The molecule has 1 aliphatic heterocycles. The lowest BCUT2D eigenvalue weighted by molar-refractivity contribution is -0.384. The zero-order chi connectivity index (χ0) is 23.8. The van der Waals surface area contributed by atoms with Crippen molar-refractivity contribution in [3.63, 3.8) is 0 Å². The van der Waals surface area contributed by atoms with Crippen LogP contribution in [0.25, 0.3) is 22.6 Å². The van der Waals surface area contributed by atoms with E-state index in [0.717, 1.165) is 48.1 Å². The van der Waals surface area contributed by atoms with Crippen LogP contribution in [0, 0.1) is 24.0 Å². The topological polar surface area (TPSA) is 102 Å². The van der Waals surface area contributed by atoms with Crippen LogP contribution in [-0.4, -0.2) is 28.9 Å². The quantitative estimate of drug-likeness (QED) is 0.298. The number of hydrogen-bond donors (Lipinski definition) is 1. The summed E-state index contributed by atoms with van der Waals surface area (Å²) in [7, 11) is 0. The molecule has 8 nitrogen and oxygen atoms in total. The summed E-state index contributed by atoms with van der Waals surface area (Å²) in [5.41, 5.74) is 5.45. The maximum absolute atomic E-state index is 13.0. The van der Waals surface area contributed by atoms with E-state index < -0.39 is 10.8 Å². The minimum Gasteiger partial charge on any atom is -0.436 e. The molecule has 34 heavy (non-hydrogen) atoms. The van der Waals surface area contributed by atoms with Gasteiger partial charge in [0.25, 0.3) is 11.6 Å². The maximum atomic E-state index is 13.0. The van der Waals surface area contributed by atoms with E-state index in [2.05, 4.69) is 10.3 Å². The molecule has 0 saturated carbocycles. The van der Waals surface area contributed by atoms with Crippen molar-refractivity contribution < 1.29 is 14.1 Å². The van der Waals surface area contributed by atoms with Gasteiger partial charge in [0.2, 0.25) is 5.89 Å². The summed E-state index contributed by atoms with van der Waals surface area (Å²) < 4.78 is 5.92. The predicted octanol–water partition coefficient (Wildman–Crippen LogP) is 5.87. The molecule has 1 amide bonds. The average Bonchev–Trinajstić information content (AvgIpc) is 3.50. The van der Waals surface area contributed by atoms with Crippen molar-refractivity contribution in [3.8, 4) is 11.5 Å². The third kappa shape index (κ3) is 4.10. The molecule has 0 aliphatic carbocycles. The summed E-state index contributed by atoms with van der Waals surface area (Å²) in [6, 6.07) is 16.0. The van der Waals surface area contributed by atoms with Crippen LogP contribution in [0.4, 0.5) is 17.1 Å². The van der Waals surface area contributed by atoms with Crippen molar-refractivity contribution in [2.24, 2.45) is 0 Å². The van der Waals surface area contributed by atoms with Gasteiger partial charge in [0.15, 0.2) is 5.58 Å². The molecule has 0 atom stereocenters. The summed E-state index contributed by atoms with van der Waals surface area (Å²) in [6.07, 6.45) is 2.02. The number of carbonyl (C=O) groups is 1. The van der Waals surface area contributed by atoms with E-state index in [1.807, 2.05) is 49.1 Å². The molecular formula is C26H24N4O4. The Morgan fingerprint density at radius 3 is 2.62 bits per heavy atom. The number of aromatic nitrogens is 1. The van der Waals surface area contributed by atoms with Gasteiger partial charge in [-0.3, -0.25) is 14.9 Å². The van der Waals surface area contributed by atoms with Crippen molar-refractivity contribution in [2.75, 3.05) is 23.3 Å². The SMILES string of the molecule is Cc1ccc2nc(-c3ccc(C)c(NC(=O)c4ccc(N5CCCC5)c([N+](=O)[O-])c4)c3)oc2c1. The number of carbonyl (C=O) groups excluding carboxylic acids is 1. The molecule has 3 aromatic carbocycles. The number of hydrogen-bond acceptors (Lipinski definition) is 6. The number of anilines is 2. The number of nitrogens with zero attached hydrogens (tertiary/aromatic N) is 3. The predicted molar refractivity (Wildman–Crippen MR) is 131 cm³/mol. The van der Waals surface area contributed by atoms with Crippen LogP contribution in [-0.2, 0) is 0 Å². The van der Waals surface area contributed by atoms with Gasteiger partial charge in [-0.1, -0.05) is 12.1 Å². The molecule has 0 bridgehead atoms. The highest BCUT2D eigenvalue weighted by Gasteiger charge is 2.24. The summed E-state index contributed by atoms with van der Waals surface area (Å²) in [6.45, 7) is 5.44. The number of fused-ring (bicyclic) bond motifs is 1. The maximum Gasteiger partial charge on any atom is 0.293 e. The van der Waals surface area contributed by atoms with Gasteiger partial charge in [0.05, 0.1) is 4.92 Å². The number of amides is 1. The molecule has 0 spiro atoms. The van der Waals surface area contributed by atoms with Crippen molar-refractivity contribution in [1.82, 2.24) is 4.98 Å². The lowest BCUT2D eigenvalue weighted by Gasteiger charge is -2.18. The number of benzene rings is 3. The van der Waals surface area contributed by atoms with Crippen LogP contribution >= 0.6 is 0 Å². The van der Waals surface area contributed by atoms with Gasteiger partial charge in [0.1, 0.15) is 11.2 Å². The number of nitro benzene ring substituents is 1. The van der Waals surface area contributed by atoms with Gasteiger partial charge >= 0.3 is 0 Å². The van der Waals surface area contributed by atoms with E-state index in [-0.39, 0.29) is 11.3 Å². The van der Waals surface area contributed by atoms with E-state index in [1.165, 1.54) is 6.07 Å². The molecule has 1 fully saturated rings. The largest absolute Gasteiger partial charge is 0.436 e. The van der Waals surface area contributed by atoms with E-state index in [4.69, 9.17) is 4.42 Å². The first-order chi connectivity index (χ1) is 16.4. The van der Waals surface area contributed by atoms with Crippen LogP contribution in [0.2, 0.25) is 0 Å². The van der Waals surface area contributed by atoms with Crippen molar-refractivity contribution in [3.05, 3.63) is 81.4 Å². The summed E-state index contributed by atoms with van der Waals surface area (Å²) in [5, 5.41) is 14.6. The monoisotopic (exact) mass is 456 g/mol. The molecule has 0 unspecified atom stereocenters. The van der Waals surface area contributed by atoms with Crippen LogP contribution in [0.1, 0.15) is 34.3 Å². The van der Waals surface area contributed by atoms with Crippen LogP contribution in [0.5, 0.6) is 0 Å². The van der Waals surface area contributed by atoms with Gasteiger partial charge in [0, 0.05) is 36.0 Å². The smallest absolute Gasteiger partial charge is 0.293 e. The number of nitro groups is 1. The molecular weight excluding hydrogens is 432 g/mol. The highest BCUT2D eigenvalue weighted by atomic mass is 16.6. The Morgan fingerprint density at radius 2 is 1.85 bits per heavy atom. The van der Waals surface area contributed by atoms with Crippen LogP contribution < -0.4 is 10.2 Å². The summed E-state index contributed by atoms with van der Waals surface area (Å²) in [5.74, 6) is 0.0474. The van der Waals surface area contributed by atoms with E-state index in [9.17, 15) is 14.9 Å². The molecule has 172 valence electrons. The lowest BCUT2D eigenvalue weighted by atomic mass is 10.1. The number of oxazole rings is 1. The Labute approximate surface area is 196 Å². The normalized spacial score (nSPS) is 13.4. The zero-order valence-electron chi connectivity index (χ0n) is 19.0. The zero-order valence-corrected chi connectivity index (χ0v) is 19.0. The molecule has 4 aromatic rings. The van der Waals surface area contributed by atoms with Crippen molar-refractivity contribution >= 4 is 34.1 Å². The first kappa shape index (κ1) is 21.6. The molecule has 2 heterocycles. The van der Waals surface area contributed by atoms with E-state index in [1.54, 1.807) is 18.2 Å². The molecule has 0 radical (unpaired) electrons.